The van der Waals surface area contributed by atoms with E-state index in [1.54, 1.807) is 0 Å². The summed E-state index contributed by atoms with van der Waals surface area (Å²) in [6, 6.07) is 0.489. The lowest BCUT2D eigenvalue weighted by Gasteiger charge is -2.36. The van der Waals surface area contributed by atoms with Gasteiger partial charge >= 0.3 is 5.97 Å². The molecular weight excluding hydrogens is 206 g/mol. The molecule has 92 valence electrons. The minimum atomic E-state index is -1.02. The molecule has 2 unspecified atom stereocenters. The fourth-order valence-electron chi connectivity index (χ4n) is 2.79. The van der Waals surface area contributed by atoms with Crippen molar-refractivity contribution in [1.29, 1.82) is 0 Å². The van der Waals surface area contributed by atoms with Gasteiger partial charge in [-0.1, -0.05) is 0 Å². The van der Waals surface area contributed by atoms with Crippen LogP contribution in [0, 0.1) is 0 Å². The minimum Gasteiger partial charge on any atom is -0.480 e. The minimum absolute atomic E-state index is 0.489. The van der Waals surface area contributed by atoms with E-state index < -0.39 is 11.5 Å². The van der Waals surface area contributed by atoms with Crippen LogP contribution in [-0.4, -0.2) is 65.7 Å². The van der Waals surface area contributed by atoms with E-state index in [9.17, 15) is 4.79 Å². The zero-order chi connectivity index (χ0) is 11.8. The lowest BCUT2D eigenvalue weighted by atomic mass is 10.0. The molecule has 2 heterocycles. The number of carboxylic acids is 1. The Hall–Kier alpha value is -0.650. The first-order valence-corrected chi connectivity index (χ1v) is 5.96. The van der Waals surface area contributed by atoms with E-state index in [1.807, 2.05) is 0 Å². The van der Waals surface area contributed by atoms with Crippen molar-refractivity contribution in [2.24, 2.45) is 5.73 Å². The second kappa shape index (κ2) is 4.31. The second-order valence-corrected chi connectivity index (χ2v) is 5.24. The summed E-state index contributed by atoms with van der Waals surface area (Å²) in [5, 5.41) is 9.08. The van der Waals surface area contributed by atoms with Crippen LogP contribution in [0.3, 0.4) is 0 Å². The molecule has 2 fully saturated rings. The summed E-state index contributed by atoms with van der Waals surface area (Å²) < 4.78 is 0. The Morgan fingerprint density at radius 1 is 1.50 bits per heavy atom. The lowest BCUT2D eigenvalue weighted by Crippen LogP contribution is -2.53. The van der Waals surface area contributed by atoms with Crippen LogP contribution in [0.25, 0.3) is 0 Å². The van der Waals surface area contributed by atoms with Crippen molar-refractivity contribution >= 4 is 5.97 Å². The maximum Gasteiger partial charge on any atom is 0.325 e. The van der Waals surface area contributed by atoms with E-state index in [0.29, 0.717) is 19.0 Å². The highest BCUT2D eigenvalue weighted by atomic mass is 16.4. The lowest BCUT2D eigenvalue weighted by molar-refractivity contribution is -0.142. The third kappa shape index (κ3) is 2.21. The number of carbonyl (C=O) groups is 1. The van der Waals surface area contributed by atoms with Gasteiger partial charge in [-0.25, -0.2) is 0 Å². The molecule has 0 saturated carbocycles. The van der Waals surface area contributed by atoms with Crippen molar-refractivity contribution in [3.63, 3.8) is 0 Å². The van der Waals surface area contributed by atoms with Gasteiger partial charge in [0.1, 0.15) is 5.54 Å². The molecular formula is C11H21N3O2. The number of likely N-dealkylation sites (tertiary alicyclic amines) is 2. The molecule has 2 atom stereocenters. The first-order valence-electron chi connectivity index (χ1n) is 5.96. The normalized spacial score (nSPS) is 37.8. The highest BCUT2D eigenvalue weighted by molar-refractivity contribution is 5.79. The number of hydrogen-bond acceptors (Lipinski definition) is 4. The van der Waals surface area contributed by atoms with Crippen molar-refractivity contribution in [3.05, 3.63) is 0 Å². The van der Waals surface area contributed by atoms with Crippen molar-refractivity contribution in [2.45, 2.75) is 30.8 Å². The smallest absolute Gasteiger partial charge is 0.325 e. The molecule has 0 spiro atoms. The van der Waals surface area contributed by atoms with Crippen molar-refractivity contribution < 1.29 is 9.90 Å². The Bertz CT molecular complexity index is 284. The quantitative estimate of drug-likeness (QED) is 0.670. The maximum absolute atomic E-state index is 11.1. The Morgan fingerprint density at radius 3 is 2.81 bits per heavy atom. The van der Waals surface area contributed by atoms with E-state index >= 15 is 0 Å². The van der Waals surface area contributed by atoms with Gasteiger partial charge in [-0.15, -0.1) is 0 Å². The number of nitrogens with two attached hydrogens (primary N) is 1. The molecule has 0 bridgehead atoms. The van der Waals surface area contributed by atoms with Crippen LogP contribution in [0.1, 0.15) is 19.3 Å². The number of hydrogen-bond donors (Lipinski definition) is 2. The Kier molecular flexibility index (Phi) is 3.19. The van der Waals surface area contributed by atoms with Crippen LogP contribution in [0.5, 0.6) is 0 Å². The van der Waals surface area contributed by atoms with Crippen LogP contribution in [0.4, 0.5) is 0 Å². The molecule has 0 aromatic carbocycles. The van der Waals surface area contributed by atoms with Crippen molar-refractivity contribution in [1.82, 2.24) is 9.80 Å². The van der Waals surface area contributed by atoms with E-state index in [1.165, 1.54) is 12.8 Å². The Labute approximate surface area is 96.2 Å². The largest absolute Gasteiger partial charge is 0.480 e. The molecule has 5 heteroatoms. The summed E-state index contributed by atoms with van der Waals surface area (Å²) in [6.07, 6.45) is 2.94. The van der Waals surface area contributed by atoms with Gasteiger partial charge < -0.3 is 15.7 Å². The van der Waals surface area contributed by atoms with Crippen LogP contribution >= 0.6 is 0 Å². The van der Waals surface area contributed by atoms with Crippen LogP contribution < -0.4 is 5.73 Å². The van der Waals surface area contributed by atoms with Gasteiger partial charge in [0.2, 0.25) is 0 Å². The fraction of sp³-hybridized carbons (Fsp3) is 0.909. The molecule has 0 amide bonds. The van der Waals surface area contributed by atoms with Gasteiger partial charge in [0, 0.05) is 25.7 Å². The van der Waals surface area contributed by atoms with E-state index in [-0.39, 0.29) is 0 Å². The van der Waals surface area contributed by atoms with Crippen LogP contribution in [0.15, 0.2) is 0 Å². The average Bonchev–Trinajstić information content (AvgIpc) is 2.62. The maximum atomic E-state index is 11.1. The summed E-state index contributed by atoms with van der Waals surface area (Å²) >= 11 is 0. The monoisotopic (exact) mass is 227 g/mol. The van der Waals surface area contributed by atoms with E-state index in [0.717, 1.165) is 19.6 Å². The zero-order valence-corrected chi connectivity index (χ0v) is 9.85. The molecule has 2 rings (SSSR count). The van der Waals surface area contributed by atoms with Crippen molar-refractivity contribution in [3.8, 4) is 0 Å². The molecule has 2 aliphatic heterocycles. The summed E-state index contributed by atoms with van der Waals surface area (Å²) in [4.78, 5) is 15.6. The highest BCUT2D eigenvalue weighted by Crippen LogP contribution is 2.24. The number of carboxylic acid groups (broad SMARTS) is 1. The zero-order valence-electron chi connectivity index (χ0n) is 9.85. The average molecular weight is 227 g/mol. The number of nitrogens with zero attached hydrogens (tertiary/aromatic N) is 2. The molecule has 0 aromatic heterocycles. The summed E-state index contributed by atoms with van der Waals surface area (Å²) in [6.45, 7) is 3.51. The SMILES string of the molecule is CN1CCCC(N2CCC(N)(C(=O)O)C2)C1. The Morgan fingerprint density at radius 2 is 2.25 bits per heavy atom. The van der Waals surface area contributed by atoms with Gasteiger partial charge in [0.05, 0.1) is 0 Å². The summed E-state index contributed by atoms with van der Waals surface area (Å²) in [7, 11) is 2.12. The number of aliphatic carboxylic acids is 1. The molecule has 2 saturated heterocycles. The van der Waals surface area contributed by atoms with Gasteiger partial charge in [-0.3, -0.25) is 9.69 Å². The topological polar surface area (TPSA) is 69.8 Å². The number of piperidine rings is 1. The second-order valence-electron chi connectivity index (χ2n) is 5.24. The predicted octanol–water partition coefficient (Wildman–Crippen LogP) is -0.432. The third-order valence-electron chi connectivity index (χ3n) is 3.87. The van der Waals surface area contributed by atoms with Crippen molar-refractivity contribution in [2.75, 3.05) is 33.2 Å². The van der Waals surface area contributed by atoms with E-state index in [2.05, 4.69) is 16.8 Å². The highest BCUT2D eigenvalue weighted by Gasteiger charge is 2.43. The molecule has 16 heavy (non-hydrogen) atoms. The molecule has 0 aromatic rings. The number of rotatable bonds is 2. The molecule has 0 aliphatic carbocycles. The fourth-order valence-corrected chi connectivity index (χ4v) is 2.79. The first kappa shape index (κ1) is 11.8. The molecule has 3 N–H and O–H groups in total. The predicted molar refractivity (Wildman–Crippen MR) is 61.3 cm³/mol. The molecule has 2 aliphatic rings. The summed E-state index contributed by atoms with van der Waals surface area (Å²) in [5.74, 6) is -0.862. The van der Waals surface area contributed by atoms with Gasteiger partial charge in [0.25, 0.3) is 0 Å². The third-order valence-corrected chi connectivity index (χ3v) is 3.87. The molecule has 5 nitrogen and oxygen atoms in total. The van der Waals surface area contributed by atoms with Crippen LogP contribution in [0.2, 0.25) is 0 Å². The van der Waals surface area contributed by atoms with Gasteiger partial charge in [-0.05, 0) is 32.9 Å². The van der Waals surface area contributed by atoms with E-state index in [4.69, 9.17) is 10.8 Å². The number of likely N-dealkylation sites (N-methyl/N-ethyl adjacent to an activating group) is 1. The standard InChI is InChI=1S/C11H21N3O2/c1-13-5-2-3-9(7-13)14-6-4-11(12,8-14)10(15)16/h9H,2-8,12H2,1H3,(H,15,16). The van der Waals surface area contributed by atoms with Gasteiger partial charge in [0.15, 0.2) is 0 Å². The molecule has 0 radical (unpaired) electrons. The Balaban J connectivity index is 1.95. The first-order chi connectivity index (χ1) is 7.51. The van der Waals surface area contributed by atoms with Gasteiger partial charge in [-0.2, -0.15) is 0 Å². The van der Waals surface area contributed by atoms with Crippen LogP contribution in [-0.2, 0) is 4.79 Å². The summed E-state index contributed by atoms with van der Waals surface area (Å²) in [5.41, 5.74) is 4.86.